The average Bonchev–Trinajstić information content (AvgIpc) is 2.64. The van der Waals surface area contributed by atoms with Crippen molar-refractivity contribution in [3.05, 3.63) is 70.0 Å². The van der Waals surface area contributed by atoms with Gasteiger partial charge >= 0.3 is 5.97 Å². The van der Waals surface area contributed by atoms with Crippen molar-refractivity contribution < 1.29 is 18.7 Å². The van der Waals surface area contributed by atoms with Crippen LogP contribution in [0.5, 0.6) is 0 Å². The van der Waals surface area contributed by atoms with Crippen LogP contribution in [0.15, 0.2) is 42.5 Å². The number of para-hydroxylation sites is 1. The highest BCUT2D eigenvalue weighted by molar-refractivity contribution is 6.30. The van der Waals surface area contributed by atoms with Gasteiger partial charge in [-0.2, -0.15) is 0 Å². The van der Waals surface area contributed by atoms with E-state index in [4.69, 9.17) is 16.3 Å². The number of nitrogens with one attached hydrogen (secondary N) is 1. The molecule has 0 fully saturated rings. The highest BCUT2D eigenvalue weighted by atomic mass is 35.5. The van der Waals surface area contributed by atoms with Crippen molar-refractivity contribution in [2.45, 2.75) is 39.7 Å². The topological polar surface area (TPSA) is 55.4 Å². The molecule has 0 aliphatic carbocycles. The van der Waals surface area contributed by atoms with Gasteiger partial charge in [-0.15, -0.1) is 0 Å². The monoisotopic (exact) mass is 403 g/mol. The smallest absolute Gasteiger partial charge is 0.331 e. The van der Waals surface area contributed by atoms with Gasteiger partial charge in [0.25, 0.3) is 5.91 Å². The molecule has 28 heavy (non-hydrogen) atoms. The molecule has 6 heteroatoms. The van der Waals surface area contributed by atoms with Crippen molar-refractivity contribution in [3.8, 4) is 0 Å². The molecule has 0 saturated carbocycles. The lowest BCUT2D eigenvalue weighted by molar-refractivity contribution is -0.148. The molecule has 0 heterocycles. The molecule has 0 bridgehead atoms. The van der Waals surface area contributed by atoms with Gasteiger partial charge in [-0.1, -0.05) is 49.7 Å². The number of carbonyl (C=O) groups excluding carboxylic acids is 2. The van der Waals surface area contributed by atoms with Crippen LogP contribution in [0.4, 0.5) is 10.1 Å². The SMILES string of the molecule is Cc1cccc(C(C)C)c1NC(=O)[C@H](C)OC(=O)/C=C/c1ccc(F)c(Cl)c1. The third kappa shape index (κ3) is 5.67. The van der Waals surface area contributed by atoms with Gasteiger partial charge < -0.3 is 10.1 Å². The molecule has 0 aliphatic heterocycles. The Labute approximate surface area is 169 Å². The van der Waals surface area contributed by atoms with Crippen LogP contribution in [0.2, 0.25) is 5.02 Å². The summed E-state index contributed by atoms with van der Waals surface area (Å²) in [6.07, 6.45) is 1.63. The molecule has 0 unspecified atom stereocenters. The van der Waals surface area contributed by atoms with E-state index in [-0.39, 0.29) is 10.9 Å². The van der Waals surface area contributed by atoms with Crippen molar-refractivity contribution in [1.82, 2.24) is 0 Å². The van der Waals surface area contributed by atoms with Crippen molar-refractivity contribution in [1.29, 1.82) is 0 Å². The third-order valence-corrected chi connectivity index (χ3v) is 4.48. The molecule has 1 amide bonds. The minimum Gasteiger partial charge on any atom is -0.449 e. The number of benzene rings is 2. The van der Waals surface area contributed by atoms with Crippen molar-refractivity contribution >= 4 is 35.2 Å². The maximum absolute atomic E-state index is 13.2. The first-order valence-corrected chi connectivity index (χ1v) is 9.31. The van der Waals surface area contributed by atoms with E-state index in [1.165, 1.54) is 37.3 Å². The molecule has 0 spiro atoms. The molecule has 2 rings (SSSR count). The second-order valence-electron chi connectivity index (χ2n) is 6.77. The maximum Gasteiger partial charge on any atom is 0.331 e. The van der Waals surface area contributed by atoms with Gasteiger partial charge in [0, 0.05) is 11.8 Å². The van der Waals surface area contributed by atoms with E-state index >= 15 is 0 Å². The quantitative estimate of drug-likeness (QED) is 0.512. The normalized spacial score (nSPS) is 12.2. The van der Waals surface area contributed by atoms with Gasteiger partial charge in [-0.3, -0.25) is 4.79 Å². The van der Waals surface area contributed by atoms with E-state index < -0.39 is 23.8 Å². The number of ether oxygens (including phenoxy) is 1. The average molecular weight is 404 g/mol. The number of hydrogen-bond acceptors (Lipinski definition) is 3. The predicted molar refractivity (Wildman–Crippen MR) is 110 cm³/mol. The van der Waals surface area contributed by atoms with Crippen LogP contribution < -0.4 is 5.32 Å². The highest BCUT2D eigenvalue weighted by Gasteiger charge is 2.19. The lowest BCUT2D eigenvalue weighted by Gasteiger charge is -2.18. The third-order valence-electron chi connectivity index (χ3n) is 4.19. The molecule has 2 aromatic carbocycles. The number of halogens is 2. The summed E-state index contributed by atoms with van der Waals surface area (Å²) in [6.45, 7) is 7.50. The van der Waals surface area contributed by atoms with E-state index in [1.54, 1.807) is 0 Å². The maximum atomic E-state index is 13.2. The summed E-state index contributed by atoms with van der Waals surface area (Å²) in [6, 6.07) is 9.89. The number of carbonyl (C=O) groups is 2. The molecule has 1 atom stereocenters. The van der Waals surface area contributed by atoms with Crippen molar-refractivity contribution in [2.24, 2.45) is 0 Å². The Morgan fingerprint density at radius 3 is 2.54 bits per heavy atom. The molecule has 0 radical (unpaired) electrons. The van der Waals surface area contributed by atoms with E-state index in [0.717, 1.165) is 16.8 Å². The zero-order valence-corrected chi connectivity index (χ0v) is 17.0. The summed E-state index contributed by atoms with van der Waals surface area (Å²) in [5.41, 5.74) is 3.23. The zero-order valence-electron chi connectivity index (χ0n) is 16.3. The van der Waals surface area contributed by atoms with Crippen molar-refractivity contribution in [3.63, 3.8) is 0 Å². The van der Waals surface area contributed by atoms with Gasteiger partial charge in [0.05, 0.1) is 5.02 Å². The predicted octanol–water partition coefficient (Wildman–Crippen LogP) is 5.49. The van der Waals surface area contributed by atoms with E-state index in [9.17, 15) is 14.0 Å². The van der Waals surface area contributed by atoms with Crippen LogP contribution in [0.3, 0.4) is 0 Å². The van der Waals surface area contributed by atoms with Crippen LogP contribution in [-0.4, -0.2) is 18.0 Å². The highest BCUT2D eigenvalue weighted by Crippen LogP contribution is 2.27. The van der Waals surface area contributed by atoms with Crippen LogP contribution in [0.25, 0.3) is 6.08 Å². The number of rotatable bonds is 6. The van der Waals surface area contributed by atoms with Gasteiger partial charge in [0.2, 0.25) is 0 Å². The molecule has 0 aromatic heterocycles. The van der Waals surface area contributed by atoms with Crippen LogP contribution in [0.1, 0.15) is 43.4 Å². The summed E-state index contributed by atoms with van der Waals surface area (Å²) >= 11 is 5.70. The molecule has 0 aliphatic rings. The largest absolute Gasteiger partial charge is 0.449 e. The summed E-state index contributed by atoms with van der Waals surface area (Å²) in [5, 5.41) is 2.81. The number of hydrogen-bond donors (Lipinski definition) is 1. The molecule has 4 nitrogen and oxygen atoms in total. The first kappa shape index (κ1) is 21.6. The Hall–Kier alpha value is -2.66. The Kier molecular flexibility index (Phi) is 7.35. The van der Waals surface area contributed by atoms with Gasteiger partial charge in [0.1, 0.15) is 5.82 Å². The molecule has 148 valence electrons. The fourth-order valence-electron chi connectivity index (χ4n) is 2.61. The second kappa shape index (κ2) is 9.51. The van der Waals surface area contributed by atoms with Gasteiger partial charge in [-0.05, 0) is 54.7 Å². The van der Waals surface area contributed by atoms with E-state index in [2.05, 4.69) is 5.32 Å². The van der Waals surface area contributed by atoms with Gasteiger partial charge in [0.15, 0.2) is 6.10 Å². The van der Waals surface area contributed by atoms with E-state index in [0.29, 0.717) is 5.56 Å². The molecule has 2 aromatic rings. The summed E-state index contributed by atoms with van der Waals surface area (Å²) in [7, 11) is 0. The lowest BCUT2D eigenvalue weighted by atomic mass is 9.98. The molecule has 0 saturated heterocycles. The Morgan fingerprint density at radius 1 is 1.18 bits per heavy atom. The number of aryl methyl sites for hydroxylation is 1. The number of anilines is 1. The zero-order chi connectivity index (χ0) is 20.8. The minimum absolute atomic E-state index is 0.0394. The number of esters is 1. The molecular weight excluding hydrogens is 381 g/mol. The summed E-state index contributed by atoms with van der Waals surface area (Å²) in [5.74, 6) is -1.40. The Morgan fingerprint density at radius 2 is 1.89 bits per heavy atom. The Balaban J connectivity index is 2.01. The lowest BCUT2D eigenvalue weighted by Crippen LogP contribution is -2.30. The minimum atomic E-state index is -0.978. The molecule has 1 N–H and O–H groups in total. The summed E-state index contributed by atoms with van der Waals surface area (Å²) in [4.78, 5) is 24.4. The van der Waals surface area contributed by atoms with Crippen LogP contribution >= 0.6 is 11.6 Å². The fraction of sp³-hybridized carbons (Fsp3) is 0.273. The second-order valence-corrected chi connectivity index (χ2v) is 7.18. The first-order chi connectivity index (χ1) is 13.2. The van der Waals surface area contributed by atoms with Gasteiger partial charge in [-0.25, -0.2) is 9.18 Å². The molecular formula is C22H23ClFNO3. The van der Waals surface area contributed by atoms with Crippen LogP contribution in [0, 0.1) is 12.7 Å². The van der Waals surface area contributed by atoms with Crippen molar-refractivity contribution in [2.75, 3.05) is 5.32 Å². The first-order valence-electron chi connectivity index (χ1n) is 8.93. The van der Waals surface area contributed by atoms with Crippen LogP contribution in [-0.2, 0) is 14.3 Å². The number of amides is 1. The fourth-order valence-corrected chi connectivity index (χ4v) is 2.80. The standard InChI is InChI=1S/C22H23ClFNO3/c1-13(2)17-7-5-6-14(3)21(17)25-22(27)15(4)28-20(26)11-9-16-8-10-19(24)18(23)12-16/h5-13,15H,1-4H3,(H,25,27)/b11-9+/t15-/m0/s1. The summed E-state index contributed by atoms with van der Waals surface area (Å²) < 4.78 is 18.3. The van der Waals surface area contributed by atoms with E-state index in [1.807, 2.05) is 39.0 Å². The Bertz CT molecular complexity index is 909.